The molecule has 2 N–H and O–H groups in total. The summed E-state index contributed by atoms with van der Waals surface area (Å²) in [6.45, 7) is 1.47. The molecule has 2 heterocycles. The summed E-state index contributed by atoms with van der Waals surface area (Å²) in [7, 11) is 1.74. The highest BCUT2D eigenvalue weighted by molar-refractivity contribution is 5.94. The van der Waals surface area contributed by atoms with Gasteiger partial charge in [0.15, 0.2) is 0 Å². The standard InChI is InChI=1S/C22H29N3O4/c1-24-14-18(26)13-22(21(24)29)8-10-25(11-9-22)19(27)12-15-2-6-17(7-3-15)23-20(28)16-4-5-16/h2-3,6-7,16,18,26H,4-5,8-14H2,1H3,(H,23,28). The number of carbonyl (C=O) groups is 3. The summed E-state index contributed by atoms with van der Waals surface area (Å²) < 4.78 is 0. The molecule has 3 aliphatic rings. The van der Waals surface area contributed by atoms with Crippen molar-refractivity contribution >= 4 is 23.4 Å². The second-order valence-corrected chi connectivity index (χ2v) is 8.84. The van der Waals surface area contributed by atoms with Gasteiger partial charge in [-0.25, -0.2) is 0 Å². The van der Waals surface area contributed by atoms with Crippen molar-refractivity contribution in [2.75, 3.05) is 32.0 Å². The van der Waals surface area contributed by atoms with E-state index in [0.29, 0.717) is 45.3 Å². The zero-order chi connectivity index (χ0) is 20.6. The number of nitrogens with one attached hydrogen (secondary N) is 1. The molecule has 1 aromatic rings. The number of aliphatic hydroxyl groups excluding tert-OH is 1. The lowest BCUT2D eigenvalue weighted by atomic mass is 9.71. The number of aliphatic hydroxyl groups is 1. The number of anilines is 1. The van der Waals surface area contributed by atoms with Crippen LogP contribution in [0.5, 0.6) is 0 Å². The van der Waals surface area contributed by atoms with Gasteiger partial charge >= 0.3 is 0 Å². The number of likely N-dealkylation sites (tertiary alicyclic amines) is 2. The fourth-order valence-electron chi connectivity index (χ4n) is 4.59. The Morgan fingerprint density at radius 2 is 1.83 bits per heavy atom. The largest absolute Gasteiger partial charge is 0.391 e. The number of rotatable bonds is 4. The first kappa shape index (κ1) is 19.9. The molecular weight excluding hydrogens is 370 g/mol. The Balaban J connectivity index is 1.30. The number of amides is 3. The molecule has 1 aliphatic carbocycles. The van der Waals surface area contributed by atoms with Gasteiger partial charge in [0.2, 0.25) is 17.7 Å². The van der Waals surface area contributed by atoms with Gasteiger partial charge in [-0.05, 0) is 49.8 Å². The third-order valence-corrected chi connectivity index (χ3v) is 6.51. The second kappa shape index (κ2) is 7.78. The Hall–Kier alpha value is -2.41. The minimum atomic E-state index is -0.523. The lowest BCUT2D eigenvalue weighted by Gasteiger charge is -2.47. The Morgan fingerprint density at radius 1 is 1.17 bits per heavy atom. The number of benzene rings is 1. The fourth-order valence-corrected chi connectivity index (χ4v) is 4.59. The average Bonchev–Trinajstić information content (AvgIpc) is 3.53. The van der Waals surface area contributed by atoms with Crippen LogP contribution in [0.15, 0.2) is 24.3 Å². The van der Waals surface area contributed by atoms with Crippen LogP contribution in [0.1, 0.15) is 37.7 Å². The van der Waals surface area contributed by atoms with Gasteiger partial charge < -0.3 is 20.2 Å². The van der Waals surface area contributed by atoms with Crippen molar-refractivity contribution in [2.24, 2.45) is 11.3 Å². The summed E-state index contributed by atoms with van der Waals surface area (Å²) in [5.74, 6) is 0.380. The van der Waals surface area contributed by atoms with Crippen LogP contribution in [-0.4, -0.2) is 65.4 Å². The zero-order valence-corrected chi connectivity index (χ0v) is 16.9. The van der Waals surface area contributed by atoms with E-state index >= 15 is 0 Å². The average molecular weight is 399 g/mol. The molecule has 3 fully saturated rings. The first-order valence-corrected chi connectivity index (χ1v) is 10.5. The molecular formula is C22H29N3O4. The van der Waals surface area contributed by atoms with Crippen LogP contribution in [0.25, 0.3) is 0 Å². The van der Waals surface area contributed by atoms with Gasteiger partial charge in [0.05, 0.1) is 17.9 Å². The first-order chi connectivity index (χ1) is 13.9. The molecule has 156 valence electrons. The van der Waals surface area contributed by atoms with Crippen molar-refractivity contribution in [3.8, 4) is 0 Å². The molecule has 1 aromatic carbocycles. The molecule has 2 saturated heterocycles. The van der Waals surface area contributed by atoms with Gasteiger partial charge in [-0.2, -0.15) is 0 Å². The maximum atomic E-state index is 12.7. The summed E-state index contributed by atoms with van der Waals surface area (Å²) >= 11 is 0. The molecule has 0 radical (unpaired) electrons. The minimum absolute atomic E-state index is 0.0479. The monoisotopic (exact) mass is 399 g/mol. The van der Waals surface area contributed by atoms with Gasteiger partial charge in [-0.1, -0.05) is 12.1 Å². The fraction of sp³-hybridized carbons (Fsp3) is 0.591. The number of piperidine rings is 2. The Labute approximate surface area is 171 Å². The SMILES string of the molecule is CN1CC(O)CC2(CCN(C(=O)Cc3ccc(NC(=O)C4CC4)cc3)CC2)C1=O. The highest BCUT2D eigenvalue weighted by Crippen LogP contribution is 2.40. The molecule has 1 saturated carbocycles. The van der Waals surface area contributed by atoms with Crippen LogP contribution >= 0.6 is 0 Å². The Morgan fingerprint density at radius 3 is 2.45 bits per heavy atom. The van der Waals surface area contributed by atoms with E-state index in [1.165, 1.54) is 0 Å². The summed E-state index contributed by atoms with van der Waals surface area (Å²) in [6.07, 6.45) is 3.45. The lowest BCUT2D eigenvalue weighted by molar-refractivity contribution is -0.156. The van der Waals surface area contributed by atoms with Crippen molar-refractivity contribution < 1.29 is 19.5 Å². The van der Waals surface area contributed by atoms with Gasteiger partial charge in [0.1, 0.15) is 0 Å². The first-order valence-electron chi connectivity index (χ1n) is 10.5. The second-order valence-electron chi connectivity index (χ2n) is 8.84. The predicted molar refractivity (Wildman–Crippen MR) is 108 cm³/mol. The summed E-state index contributed by atoms with van der Waals surface area (Å²) in [4.78, 5) is 40.6. The smallest absolute Gasteiger partial charge is 0.228 e. The molecule has 0 aromatic heterocycles. The summed E-state index contributed by atoms with van der Waals surface area (Å²) in [6, 6.07) is 7.43. The van der Waals surface area contributed by atoms with E-state index in [9.17, 15) is 19.5 Å². The van der Waals surface area contributed by atoms with Gasteiger partial charge in [0.25, 0.3) is 0 Å². The lowest BCUT2D eigenvalue weighted by Crippen LogP contribution is -2.57. The number of nitrogens with zero attached hydrogens (tertiary/aromatic N) is 2. The van der Waals surface area contributed by atoms with E-state index in [0.717, 1.165) is 24.1 Å². The molecule has 0 bridgehead atoms. The molecule has 1 unspecified atom stereocenters. The normalized spacial score (nSPS) is 23.9. The number of β-amino-alcohol motifs (C(OH)–C–C–N with tert-alkyl or cyclic N) is 1. The van der Waals surface area contributed by atoms with Crippen LogP contribution in [0.2, 0.25) is 0 Å². The van der Waals surface area contributed by atoms with Crippen LogP contribution in [0.3, 0.4) is 0 Å². The molecule has 3 amide bonds. The van der Waals surface area contributed by atoms with E-state index in [4.69, 9.17) is 0 Å². The number of carbonyl (C=O) groups excluding carboxylic acids is 3. The van der Waals surface area contributed by atoms with Crippen LogP contribution < -0.4 is 5.32 Å². The number of hydrogen-bond acceptors (Lipinski definition) is 4. The molecule has 1 spiro atoms. The van der Waals surface area contributed by atoms with E-state index < -0.39 is 11.5 Å². The van der Waals surface area contributed by atoms with Gasteiger partial charge in [0, 0.05) is 38.3 Å². The maximum absolute atomic E-state index is 12.7. The van der Waals surface area contributed by atoms with Crippen LogP contribution in [0.4, 0.5) is 5.69 Å². The quantitative estimate of drug-likeness (QED) is 0.801. The van der Waals surface area contributed by atoms with Crippen molar-refractivity contribution in [1.82, 2.24) is 9.80 Å². The van der Waals surface area contributed by atoms with E-state index in [1.54, 1.807) is 11.9 Å². The number of likely N-dealkylation sites (N-methyl/N-ethyl adjacent to an activating group) is 1. The van der Waals surface area contributed by atoms with Gasteiger partial charge in [-0.15, -0.1) is 0 Å². The van der Waals surface area contributed by atoms with Crippen LogP contribution in [-0.2, 0) is 20.8 Å². The Kier molecular flexibility index (Phi) is 5.34. The molecule has 2 aliphatic heterocycles. The molecule has 1 atom stereocenters. The minimum Gasteiger partial charge on any atom is -0.391 e. The predicted octanol–water partition coefficient (Wildman–Crippen LogP) is 1.41. The van der Waals surface area contributed by atoms with Crippen molar-refractivity contribution in [1.29, 1.82) is 0 Å². The third-order valence-electron chi connectivity index (χ3n) is 6.51. The molecule has 4 rings (SSSR count). The zero-order valence-electron chi connectivity index (χ0n) is 16.9. The Bertz CT molecular complexity index is 795. The topological polar surface area (TPSA) is 89.9 Å². The van der Waals surface area contributed by atoms with E-state index in [2.05, 4.69) is 5.32 Å². The maximum Gasteiger partial charge on any atom is 0.228 e. The molecule has 7 heteroatoms. The highest BCUT2D eigenvalue weighted by atomic mass is 16.3. The van der Waals surface area contributed by atoms with Crippen molar-refractivity contribution in [3.63, 3.8) is 0 Å². The number of hydrogen-bond donors (Lipinski definition) is 2. The highest BCUT2D eigenvalue weighted by Gasteiger charge is 2.47. The van der Waals surface area contributed by atoms with E-state index in [1.807, 2.05) is 29.2 Å². The summed E-state index contributed by atoms with van der Waals surface area (Å²) in [5.41, 5.74) is 1.14. The van der Waals surface area contributed by atoms with Crippen molar-refractivity contribution in [2.45, 2.75) is 44.6 Å². The third kappa shape index (κ3) is 4.29. The van der Waals surface area contributed by atoms with Crippen molar-refractivity contribution in [3.05, 3.63) is 29.8 Å². The van der Waals surface area contributed by atoms with Gasteiger partial charge in [-0.3, -0.25) is 14.4 Å². The molecule has 29 heavy (non-hydrogen) atoms. The van der Waals surface area contributed by atoms with Crippen LogP contribution in [0, 0.1) is 11.3 Å². The molecule has 7 nitrogen and oxygen atoms in total. The summed E-state index contributed by atoms with van der Waals surface area (Å²) in [5, 5.41) is 13.0. The van der Waals surface area contributed by atoms with E-state index in [-0.39, 0.29) is 23.6 Å².